The monoisotopic (exact) mass is 317 g/mol. The zero-order valence-electron chi connectivity index (χ0n) is 13.2. The maximum Gasteiger partial charge on any atom is 0.303 e. The maximum atomic E-state index is 12.9. The first-order chi connectivity index (χ1) is 11.1. The van der Waals surface area contributed by atoms with Gasteiger partial charge in [0, 0.05) is 19.0 Å². The topological polar surface area (TPSA) is 66.8 Å². The summed E-state index contributed by atoms with van der Waals surface area (Å²) < 4.78 is 5.74. The number of nitrogens with zero attached hydrogens (tertiary/aromatic N) is 1. The van der Waals surface area contributed by atoms with E-state index in [2.05, 4.69) is 0 Å². The summed E-state index contributed by atoms with van der Waals surface area (Å²) in [6.07, 6.45) is 4.35. The molecular weight excluding hydrogens is 294 g/mol. The molecule has 3 rings (SSSR count). The van der Waals surface area contributed by atoms with Gasteiger partial charge in [-0.3, -0.25) is 9.59 Å². The Labute approximate surface area is 136 Å². The van der Waals surface area contributed by atoms with Crippen molar-refractivity contribution in [3.8, 4) is 5.75 Å². The molecule has 0 unspecified atom stereocenters. The third-order valence-electron chi connectivity index (χ3n) is 4.83. The second-order valence-electron chi connectivity index (χ2n) is 6.43. The summed E-state index contributed by atoms with van der Waals surface area (Å²) in [5.74, 6) is 0.0421. The predicted octanol–water partition coefficient (Wildman–Crippen LogP) is 2.48. The van der Waals surface area contributed by atoms with Gasteiger partial charge in [-0.2, -0.15) is 0 Å². The Hall–Kier alpha value is -2.04. The molecule has 0 bridgehead atoms. The van der Waals surface area contributed by atoms with Crippen molar-refractivity contribution in [2.45, 2.75) is 44.6 Å². The van der Waals surface area contributed by atoms with Crippen LogP contribution in [-0.4, -0.2) is 41.1 Å². The Balaban J connectivity index is 1.67. The largest absolute Gasteiger partial charge is 0.492 e. The van der Waals surface area contributed by atoms with E-state index >= 15 is 0 Å². The van der Waals surface area contributed by atoms with Crippen molar-refractivity contribution < 1.29 is 19.4 Å². The van der Waals surface area contributed by atoms with E-state index in [1.54, 1.807) is 0 Å². The van der Waals surface area contributed by atoms with Gasteiger partial charge in [0.1, 0.15) is 12.4 Å². The van der Waals surface area contributed by atoms with Crippen molar-refractivity contribution in [2.24, 2.45) is 5.92 Å². The molecule has 0 radical (unpaired) electrons. The van der Waals surface area contributed by atoms with E-state index in [0.717, 1.165) is 37.1 Å². The van der Waals surface area contributed by atoms with Gasteiger partial charge in [0.25, 0.3) is 0 Å². The summed E-state index contributed by atoms with van der Waals surface area (Å²) in [4.78, 5) is 25.7. The second-order valence-corrected chi connectivity index (χ2v) is 6.43. The van der Waals surface area contributed by atoms with Crippen LogP contribution in [0.15, 0.2) is 24.3 Å². The van der Waals surface area contributed by atoms with Gasteiger partial charge in [0.05, 0.1) is 5.92 Å². The number of carboxylic acids is 1. The van der Waals surface area contributed by atoms with Crippen LogP contribution in [0.4, 0.5) is 0 Å². The first-order valence-electron chi connectivity index (χ1n) is 8.38. The van der Waals surface area contributed by atoms with Crippen molar-refractivity contribution in [1.29, 1.82) is 0 Å². The number of amides is 1. The average Bonchev–Trinajstić information content (AvgIpc) is 2.59. The van der Waals surface area contributed by atoms with Crippen molar-refractivity contribution in [3.05, 3.63) is 29.8 Å². The number of benzene rings is 1. The Morgan fingerprint density at radius 1 is 1.26 bits per heavy atom. The zero-order valence-corrected chi connectivity index (χ0v) is 13.2. The molecule has 23 heavy (non-hydrogen) atoms. The molecule has 0 aromatic heterocycles. The Morgan fingerprint density at radius 3 is 2.91 bits per heavy atom. The smallest absolute Gasteiger partial charge is 0.303 e. The lowest BCUT2D eigenvalue weighted by molar-refractivity contribution is -0.143. The fourth-order valence-corrected chi connectivity index (χ4v) is 3.60. The third kappa shape index (κ3) is 3.66. The van der Waals surface area contributed by atoms with Crippen LogP contribution in [-0.2, 0) is 16.0 Å². The number of fused-ring (bicyclic) bond motifs is 1. The molecule has 1 aromatic carbocycles. The van der Waals surface area contributed by atoms with Crippen LogP contribution in [0.5, 0.6) is 5.75 Å². The minimum absolute atomic E-state index is 0.0597. The number of piperidine rings is 1. The zero-order chi connectivity index (χ0) is 16.2. The van der Waals surface area contributed by atoms with E-state index in [4.69, 9.17) is 9.84 Å². The van der Waals surface area contributed by atoms with E-state index in [1.165, 1.54) is 0 Å². The number of ether oxygens (including phenoxy) is 1. The first kappa shape index (κ1) is 15.8. The fourth-order valence-electron chi connectivity index (χ4n) is 3.60. The third-order valence-corrected chi connectivity index (χ3v) is 4.83. The molecule has 0 spiro atoms. The van der Waals surface area contributed by atoms with Crippen LogP contribution in [0.25, 0.3) is 0 Å². The quantitative estimate of drug-likeness (QED) is 0.926. The lowest BCUT2D eigenvalue weighted by atomic mass is 9.92. The molecule has 2 aliphatic rings. The molecule has 1 N–H and O–H groups in total. The van der Waals surface area contributed by atoms with Gasteiger partial charge in [-0.05, 0) is 43.7 Å². The van der Waals surface area contributed by atoms with Crippen LogP contribution in [0.2, 0.25) is 0 Å². The molecule has 1 amide bonds. The van der Waals surface area contributed by atoms with E-state index in [0.29, 0.717) is 19.4 Å². The molecule has 124 valence electrons. The van der Waals surface area contributed by atoms with Crippen molar-refractivity contribution in [3.63, 3.8) is 0 Å². The van der Waals surface area contributed by atoms with Crippen LogP contribution < -0.4 is 4.74 Å². The summed E-state index contributed by atoms with van der Waals surface area (Å²) in [6, 6.07) is 7.91. The highest BCUT2D eigenvalue weighted by molar-refractivity contribution is 5.80. The number of carboxylic acid groups (broad SMARTS) is 1. The molecule has 1 fully saturated rings. The van der Waals surface area contributed by atoms with Crippen molar-refractivity contribution in [2.75, 3.05) is 13.2 Å². The van der Waals surface area contributed by atoms with Crippen molar-refractivity contribution in [1.82, 2.24) is 4.90 Å². The predicted molar refractivity (Wildman–Crippen MR) is 85.4 cm³/mol. The number of hydrogen-bond donors (Lipinski definition) is 1. The molecule has 0 aliphatic carbocycles. The number of para-hydroxylation sites is 1. The van der Waals surface area contributed by atoms with Crippen LogP contribution in [0, 0.1) is 5.92 Å². The molecule has 2 heterocycles. The van der Waals surface area contributed by atoms with E-state index in [1.807, 2.05) is 29.2 Å². The lowest BCUT2D eigenvalue weighted by Crippen LogP contribution is -2.48. The number of hydrogen-bond acceptors (Lipinski definition) is 3. The molecule has 5 heteroatoms. The molecule has 1 aromatic rings. The van der Waals surface area contributed by atoms with Gasteiger partial charge in [0.2, 0.25) is 5.91 Å². The standard InChI is InChI=1S/C18H23NO4/c20-17(21)9-8-15-6-3-4-10-19(15)18(22)14-11-13-5-1-2-7-16(13)23-12-14/h1-2,5,7,14-15H,3-4,6,8-12H2,(H,20,21)/t14-,15+/m1/s1. The van der Waals surface area contributed by atoms with Gasteiger partial charge in [-0.25, -0.2) is 0 Å². The molecule has 0 saturated carbocycles. The van der Waals surface area contributed by atoms with Gasteiger partial charge in [-0.15, -0.1) is 0 Å². The summed E-state index contributed by atoms with van der Waals surface area (Å²) in [5.41, 5.74) is 1.08. The van der Waals surface area contributed by atoms with Crippen LogP contribution in [0.1, 0.15) is 37.7 Å². The Morgan fingerprint density at radius 2 is 2.09 bits per heavy atom. The first-order valence-corrected chi connectivity index (χ1v) is 8.38. The van der Waals surface area contributed by atoms with E-state index < -0.39 is 5.97 Å². The molecule has 5 nitrogen and oxygen atoms in total. The summed E-state index contributed by atoms with van der Waals surface area (Å²) in [6.45, 7) is 1.15. The van der Waals surface area contributed by atoms with Crippen LogP contribution in [0.3, 0.4) is 0 Å². The second kappa shape index (κ2) is 7.02. The lowest BCUT2D eigenvalue weighted by Gasteiger charge is -2.38. The van der Waals surface area contributed by atoms with Crippen molar-refractivity contribution >= 4 is 11.9 Å². The average molecular weight is 317 g/mol. The summed E-state index contributed by atoms with van der Waals surface area (Å²) in [5, 5.41) is 8.90. The number of carbonyl (C=O) groups is 2. The number of aliphatic carboxylic acids is 1. The Kier molecular flexibility index (Phi) is 4.84. The molecule has 2 aliphatic heterocycles. The highest BCUT2D eigenvalue weighted by atomic mass is 16.5. The summed E-state index contributed by atoms with van der Waals surface area (Å²) >= 11 is 0. The molecular formula is C18H23NO4. The van der Waals surface area contributed by atoms with E-state index in [-0.39, 0.29) is 24.3 Å². The Bertz CT molecular complexity index is 586. The van der Waals surface area contributed by atoms with E-state index in [9.17, 15) is 9.59 Å². The normalized spacial score (nSPS) is 23.7. The minimum atomic E-state index is -0.794. The maximum absolute atomic E-state index is 12.9. The van der Waals surface area contributed by atoms with Gasteiger partial charge in [-0.1, -0.05) is 18.2 Å². The van der Waals surface area contributed by atoms with Gasteiger partial charge in [0.15, 0.2) is 0 Å². The minimum Gasteiger partial charge on any atom is -0.492 e. The molecule has 2 atom stereocenters. The summed E-state index contributed by atoms with van der Waals surface area (Å²) in [7, 11) is 0. The SMILES string of the molecule is O=C(O)CC[C@@H]1CCCCN1C(=O)[C@H]1COc2ccccc2C1. The highest BCUT2D eigenvalue weighted by Gasteiger charge is 2.34. The highest BCUT2D eigenvalue weighted by Crippen LogP contribution is 2.30. The fraction of sp³-hybridized carbons (Fsp3) is 0.556. The number of likely N-dealkylation sites (tertiary alicyclic amines) is 1. The molecule has 1 saturated heterocycles. The van der Waals surface area contributed by atoms with Gasteiger partial charge >= 0.3 is 5.97 Å². The number of carbonyl (C=O) groups excluding carboxylic acids is 1. The number of rotatable bonds is 4. The van der Waals surface area contributed by atoms with Crippen LogP contribution >= 0.6 is 0 Å². The van der Waals surface area contributed by atoms with Gasteiger partial charge < -0.3 is 14.7 Å².